The van der Waals surface area contributed by atoms with Crippen molar-refractivity contribution in [3.8, 4) is 10.6 Å². The molecule has 0 aliphatic carbocycles. The topological polar surface area (TPSA) is 86.9 Å². The van der Waals surface area contributed by atoms with Gasteiger partial charge in [0.1, 0.15) is 10.7 Å². The number of fused-ring (bicyclic) bond motifs is 1. The van der Waals surface area contributed by atoms with Crippen LogP contribution in [-0.4, -0.2) is 21.8 Å². The van der Waals surface area contributed by atoms with Gasteiger partial charge in [-0.15, -0.1) is 11.3 Å². The highest BCUT2D eigenvalue weighted by Gasteiger charge is 2.14. The zero-order valence-electron chi connectivity index (χ0n) is 15.2. The van der Waals surface area contributed by atoms with Crippen molar-refractivity contribution in [1.29, 1.82) is 0 Å². The number of carbonyl (C=O) groups is 2. The van der Waals surface area contributed by atoms with Gasteiger partial charge in [-0.25, -0.2) is 4.98 Å². The Morgan fingerprint density at radius 3 is 2.68 bits per heavy atom. The van der Waals surface area contributed by atoms with Crippen molar-refractivity contribution in [2.45, 2.75) is 13.3 Å². The van der Waals surface area contributed by atoms with E-state index < -0.39 is 5.91 Å². The molecule has 0 atom stereocenters. The summed E-state index contributed by atoms with van der Waals surface area (Å²) in [5.41, 5.74) is 9.12. The fourth-order valence-corrected chi connectivity index (χ4v) is 3.70. The Morgan fingerprint density at radius 2 is 1.86 bits per heavy atom. The van der Waals surface area contributed by atoms with Crippen LogP contribution in [0.2, 0.25) is 0 Å². The second-order valence-electron chi connectivity index (χ2n) is 6.44. The summed E-state index contributed by atoms with van der Waals surface area (Å²) in [6.45, 7) is 2.02. The molecule has 6 nitrogen and oxygen atoms in total. The lowest BCUT2D eigenvalue weighted by atomic mass is 10.1. The van der Waals surface area contributed by atoms with E-state index in [1.54, 1.807) is 11.6 Å². The van der Waals surface area contributed by atoms with Crippen molar-refractivity contribution in [3.63, 3.8) is 0 Å². The van der Waals surface area contributed by atoms with Gasteiger partial charge in [0, 0.05) is 28.0 Å². The molecule has 28 heavy (non-hydrogen) atoms. The van der Waals surface area contributed by atoms with E-state index in [2.05, 4.69) is 20.8 Å². The van der Waals surface area contributed by atoms with Crippen LogP contribution in [0.15, 0.2) is 60.1 Å². The number of aromatic amines is 1. The second kappa shape index (κ2) is 7.66. The Balaban J connectivity index is 1.36. The third-order valence-electron chi connectivity index (χ3n) is 4.38. The molecule has 0 saturated carbocycles. The Labute approximate surface area is 165 Å². The molecule has 0 unspecified atom stereocenters. The number of benzene rings is 2. The summed E-state index contributed by atoms with van der Waals surface area (Å²) in [7, 11) is 0. The molecule has 0 radical (unpaired) electrons. The first-order valence-corrected chi connectivity index (χ1v) is 9.65. The fraction of sp³-hybridized carbons (Fsp3) is 0.0952. The number of thiazole rings is 1. The average Bonchev–Trinajstić information content (AvgIpc) is 3.35. The van der Waals surface area contributed by atoms with E-state index in [0.29, 0.717) is 0 Å². The predicted molar refractivity (Wildman–Crippen MR) is 110 cm³/mol. The summed E-state index contributed by atoms with van der Waals surface area (Å²) >= 11 is 1.39. The lowest BCUT2D eigenvalue weighted by Gasteiger charge is -2.05. The van der Waals surface area contributed by atoms with E-state index in [4.69, 9.17) is 0 Å². The number of hydrogen-bond acceptors (Lipinski definition) is 4. The van der Waals surface area contributed by atoms with Gasteiger partial charge in [0.2, 0.25) is 5.91 Å². The van der Waals surface area contributed by atoms with Crippen molar-refractivity contribution >= 4 is 34.1 Å². The minimum absolute atomic E-state index is 0.163. The largest absolute Gasteiger partial charge is 0.361 e. The van der Waals surface area contributed by atoms with Crippen LogP contribution >= 0.6 is 11.3 Å². The third-order valence-corrected chi connectivity index (χ3v) is 5.27. The molecule has 2 aromatic heterocycles. The first-order chi connectivity index (χ1) is 13.6. The molecule has 4 rings (SSSR count). The summed E-state index contributed by atoms with van der Waals surface area (Å²) in [5, 5.41) is 3.43. The van der Waals surface area contributed by atoms with E-state index >= 15 is 0 Å². The lowest BCUT2D eigenvalue weighted by molar-refractivity contribution is -0.121. The van der Waals surface area contributed by atoms with Gasteiger partial charge < -0.3 is 4.98 Å². The minimum atomic E-state index is -0.443. The molecule has 0 aliphatic rings. The molecule has 0 bridgehead atoms. The van der Waals surface area contributed by atoms with Crippen LogP contribution in [0.4, 0.5) is 0 Å². The van der Waals surface area contributed by atoms with Gasteiger partial charge in [-0.1, -0.05) is 48.0 Å². The summed E-state index contributed by atoms with van der Waals surface area (Å²) in [6.07, 6.45) is 1.97. The highest BCUT2D eigenvalue weighted by molar-refractivity contribution is 7.13. The number of hydrazine groups is 1. The van der Waals surface area contributed by atoms with Gasteiger partial charge in [-0.3, -0.25) is 20.4 Å². The van der Waals surface area contributed by atoms with Crippen LogP contribution in [0.25, 0.3) is 21.5 Å². The van der Waals surface area contributed by atoms with Crippen molar-refractivity contribution in [1.82, 2.24) is 20.8 Å². The number of H-pyrrole nitrogens is 1. The van der Waals surface area contributed by atoms with Crippen LogP contribution in [0.1, 0.15) is 21.6 Å². The molecule has 0 fully saturated rings. The van der Waals surface area contributed by atoms with Gasteiger partial charge in [0.15, 0.2) is 0 Å². The van der Waals surface area contributed by atoms with Gasteiger partial charge in [-0.05, 0) is 18.6 Å². The fourth-order valence-electron chi connectivity index (χ4n) is 2.89. The number of rotatable bonds is 4. The number of hydrogen-bond donors (Lipinski definition) is 3. The first-order valence-electron chi connectivity index (χ1n) is 8.77. The maximum absolute atomic E-state index is 12.3. The Bertz CT molecular complexity index is 1140. The van der Waals surface area contributed by atoms with Gasteiger partial charge in [0.05, 0.1) is 6.42 Å². The maximum Gasteiger partial charge on any atom is 0.289 e. The number of amides is 2. The minimum Gasteiger partial charge on any atom is -0.361 e. The van der Waals surface area contributed by atoms with Crippen LogP contribution < -0.4 is 10.9 Å². The van der Waals surface area contributed by atoms with E-state index in [1.165, 1.54) is 11.3 Å². The molecule has 0 saturated heterocycles. The molecule has 2 heterocycles. The Hall–Kier alpha value is -3.45. The van der Waals surface area contributed by atoms with Crippen LogP contribution in [-0.2, 0) is 11.2 Å². The summed E-state index contributed by atoms with van der Waals surface area (Å²) in [4.78, 5) is 32.0. The van der Waals surface area contributed by atoms with E-state index in [0.717, 1.165) is 32.6 Å². The Morgan fingerprint density at radius 1 is 1.07 bits per heavy atom. The molecule has 140 valence electrons. The van der Waals surface area contributed by atoms with Gasteiger partial charge in [-0.2, -0.15) is 0 Å². The van der Waals surface area contributed by atoms with Crippen LogP contribution in [0.3, 0.4) is 0 Å². The molecular weight excluding hydrogens is 372 g/mol. The molecule has 0 spiro atoms. The van der Waals surface area contributed by atoms with Crippen LogP contribution in [0.5, 0.6) is 0 Å². The maximum atomic E-state index is 12.3. The van der Waals surface area contributed by atoms with Crippen molar-refractivity contribution in [3.05, 3.63) is 76.9 Å². The zero-order valence-corrected chi connectivity index (χ0v) is 16.0. The second-order valence-corrected chi connectivity index (χ2v) is 7.30. The third kappa shape index (κ3) is 3.79. The molecule has 3 N–H and O–H groups in total. The van der Waals surface area contributed by atoms with E-state index in [9.17, 15) is 9.59 Å². The smallest absolute Gasteiger partial charge is 0.289 e. The monoisotopic (exact) mass is 390 g/mol. The highest BCUT2D eigenvalue weighted by atomic mass is 32.1. The number of aromatic nitrogens is 2. The van der Waals surface area contributed by atoms with Crippen molar-refractivity contribution in [2.24, 2.45) is 0 Å². The van der Waals surface area contributed by atoms with Gasteiger partial charge in [0.25, 0.3) is 5.91 Å². The van der Waals surface area contributed by atoms with Crippen molar-refractivity contribution < 1.29 is 9.59 Å². The lowest BCUT2D eigenvalue weighted by Crippen LogP contribution is -2.42. The van der Waals surface area contributed by atoms with E-state index in [1.807, 2.05) is 55.5 Å². The predicted octanol–water partition coefficient (Wildman–Crippen LogP) is 3.60. The average molecular weight is 390 g/mol. The highest BCUT2D eigenvalue weighted by Crippen LogP contribution is 2.24. The van der Waals surface area contributed by atoms with Gasteiger partial charge >= 0.3 is 0 Å². The number of nitrogens with one attached hydrogen (secondary N) is 3. The number of para-hydroxylation sites is 1. The van der Waals surface area contributed by atoms with Crippen LogP contribution in [0, 0.1) is 6.92 Å². The first kappa shape index (κ1) is 17.9. The number of nitrogens with zero attached hydrogens (tertiary/aromatic N) is 1. The van der Waals surface area contributed by atoms with E-state index in [-0.39, 0.29) is 18.0 Å². The van der Waals surface area contributed by atoms with Crippen molar-refractivity contribution in [2.75, 3.05) is 0 Å². The molecule has 7 heteroatoms. The normalized spacial score (nSPS) is 10.8. The summed E-state index contributed by atoms with van der Waals surface area (Å²) < 4.78 is 0. The molecule has 0 aliphatic heterocycles. The number of carbonyl (C=O) groups excluding carboxylic acids is 2. The molecule has 2 aromatic carbocycles. The quantitative estimate of drug-likeness (QED) is 0.465. The molecule has 2 amide bonds. The SMILES string of the molecule is Cc1ccc(-c2nc(C(=O)NNC(=O)Cc3c[nH]c4ccccc34)cs2)cc1. The molecule has 4 aromatic rings. The zero-order chi connectivity index (χ0) is 19.5. The number of aryl methyl sites for hydroxylation is 1. The Kier molecular flexibility index (Phi) is 4.90. The molecular formula is C21H18N4O2S. The summed E-state index contributed by atoms with van der Waals surface area (Å²) in [6, 6.07) is 15.7. The standard InChI is InChI=1S/C21H18N4O2S/c1-13-6-8-14(9-7-13)21-23-18(12-28-21)20(27)25-24-19(26)10-15-11-22-17-5-3-2-4-16(15)17/h2-9,11-12,22H,10H2,1H3,(H,24,26)(H,25,27). The summed E-state index contributed by atoms with van der Waals surface area (Å²) in [5.74, 6) is -0.742.